The van der Waals surface area contributed by atoms with Crippen molar-refractivity contribution in [2.24, 2.45) is 5.73 Å². The van der Waals surface area contributed by atoms with Gasteiger partial charge in [0.05, 0.1) is 25.0 Å². The Labute approximate surface area is 380 Å². The molecule has 1 unspecified atom stereocenters. The summed E-state index contributed by atoms with van der Waals surface area (Å²) in [5.41, 5.74) is 10.5. The Bertz CT molecular complexity index is 2260. The quantitative estimate of drug-likeness (QED) is 0.0662. The SMILES string of the molecule is CC1(N)CCN(c2cnc(Sc3cccc(NC(=O)CCCCCCCO[C@H]4CCN(Cc5ccc(COc6cccc7c6CN(C6CCC(=O)NC6=O)C7=O)cc5)C4)c3)cn2)CC1. The molecule has 14 nitrogen and oxygen atoms in total. The summed E-state index contributed by atoms with van der Waals surface area (Å²) in [6.07, 6.45) is 12.9. The molecule has 64 heavy (non-hydrogen) atoms. The summed E-state index contributed by atoms with van der Waals surface area (Å²) in [5, 5.41) is 6.22. The molecule has 1 aromatic heterocycles. The van der Waals surface area contributed by atoms with E-state index in [0.717, 1.165) is 123 Å². The molecule has 3 aromatic carbocycles. The number of imide groups is 1. The standard InChI is InChI=1S/C49H60N8O6S/c1-49(50)21-24-56(25-22-49)43-28-52-46(29-51-43)64-38-10-7-9-36(27-38)53-44(58)13-5-3-2-4-6-26-62-37-20-23-55(31-37)30-34-14-16-35(17-15-34)33-63-42-12-8-11-39-40(42)32-57(48(39)61)41-18-19-45(59)54-47(41)60/h7-12,14-17,27-29,37,41H,2-6,13,18-26,30-33,50H2,1H3,(H,53,58)(H,54,59,60)/t37-,41?/m0/s1. The molecule has 15 heteroatoms. The van der Waals surface area contributed by atoms with Gasteiger partial charge in [-0.25, -0.2) is 9.97 Å². The lowest BCUT2D eigenvalue weighted by atomic mass is 9.91. The van der Waals surface area contributed by atoms with Crippen molar-refractivity contribution in [2.45, 2.75) is 125 Å². The Balaban J connectivity index is 0.666. The number of piperidine rings is 2. The third kappa shape index (κ3) is 12.1. The number of carbonyl (C=O) groups is 4. The number of aromatic nitrogens is 2. The minimum Gasteiger partial charge on any atom is -0.489 e. The van der Waals surface area contributed by atoms with Gasteiger partial charge in [0.1, 0.15) is 29.2 Å². The number of nitrogens with zero attached hydrogens (tertiary/aromatic N) is 5. The molecule has 4 aromatic rings. The fourth-order valence-corrected chi connectivity index (χ4v) is 9.64. The first-order valence-corrected chi connectivity index (χ1v) is 23.6. The zero-order valence-electron chi connectivity index (χ0n) is 36.8. The van der Waals surface area contributed by atoms with Gasteiger partial charge in [0, 0.05) is 79.4 Å². The number of hydrogen-bond acceptors (Lipinski definition) is 12. The second-order valence-corrected chi connectivity index (χ2v) is 18.9. The second kappa shape index (κ2) is 21.1. The maximum absolute atomic E-state index is 13.2. The van der Waals surface area contributed by atoms with Gasteiger partial charge >= 0.3 is 0 Å². The first-order chi connectivity index (χ1) is 31.0. The number of nitrogens with two attached hydrogens (primary N) is 1. The fraction of sp³-hybridized carbons (Fsp3) is 0.469. The van der Waals surface area contributed by atoms with Crippen molar-refractivity contribution < 1.29 is 28.7 Å². The maximum Gasteiger partial charge on any atom is 0.255 e. The molecule has 4 aliphatic rings. The van der Waals surface area contributed by atoms with E-state index in [-0.39, 0.29) is 42.3 Å². The van der Waals surface area contributed by atoms with Crippen molar-refractivity contribution in [2.75, 3.05) is 43.0 Å². The molecule has 2 atom stereocenters. The van der Waals surface area contributed by atoms with Crippen LogP contribution in [0.15, 0.2) is 89.0 Å². The molecule has 0 radical (unpaired) electrons. The Morgan fingerprint density at radius 1 is 0.922 bits per heavy atom. The summed E-state index contributed by atoms with van der Waals surface area (Å²) in [6, 6.07) is 21.1. The van der Waals surface area contributed by atoms with Crippen LogP contribution in [0.2, 0.25) is 0 Å². The number of anilines is 2. The van der Waals surface area contributed by atoms with E-state index in [2.05, 4.69) is 61.6 Å². The average molecular weight is 889 g/mol. The second-order valence-electron chi connectivity index (χ2n) is 17.9. The van der Waals surface area contributed by atoms with Crippen LogP contribution in [-0.2, 0) is 38.8 Å². The lowest BCUT2D eigenvalue weighted by Crippen LogP contribution is -2.52. The van der Waals surface area contributed by atoms with E-state index in [1.807, 2.05) is 42.7 Å². The van der Waals surface area contributed by atoms with Gasteiger partial charge in [-0.1, -0.05) is 67.4 Å². The van der Waals surface area contributed by atoms with Gasteiger partial charge in [-0.2, -0.15) is 0 Å². The highest BCUT2D eigenvalue weighted by Crippen LogP contribution is 2.34. The van der Waals surface area contributed by atoms with E-state index < -0.39 is 11.9 Å². The highest BCUT2D eigenvalue weighted by atomic mass is 32.2. The molecule has 3 fully saturated rings. The normalized spacial score (nSPS) is 19.8. The molecule has 5 heterocycles. The van der Waals surface area contributed by atoms with Gasteiger partial charge in [0.15, 0.2) is 0 Å². The molecular formula is C49H60N8O6S. The maximum atomic E-state index is 13.2. The number of likely N-dealkylation sites (tertiary alicyclic amines) is 1. The number of ether oxygens (including phenoxy) is 2. The molecule has 4 amide bonds. The number of unbranched alkanes of at least 4 members (excludes halogenated alkanes) is 4. The van der Waals surface area contributed by atoms with Crippen LogP contribution in [0.5, 0.6) is 5.75 Å². The predicted octanol–water partition coefficient (Wildman–Crippen LogP) is 6.86. The molecule has 8 rings (SSSR count). The predicted molar refractivity (Wildman–Crippen MR) is 246 cm³/mol. The van der Waals surface area contributed by atoms with E-state index in [9.17, 15) is 19.2 Å². The molecular weight excluding hydrogens is 829 g/mol. The van der Waals surface area contributed by atoms with Crippen molar-refractivity contribution in [1.29, 1.82) is 0 Å². The largest absolute Gasteiger partial charge is 0.489 e. The van der Waals surface area contributed by atoms with Gasteiger partial charge < -0.3 is 30.3 Å². The van der Waals surface area contributed by atoms with Crippen molar-refractivity contribution in [3.63, 3.8) is 0 Å². The number of fused-ring (bicyclic) bond motifs is 1. The van der Waals surface area contributed by atoms with Crippen LogP contribution in [0.25, 0.3) is 0 Å². The van der Waals surface area contributed by atoms with Crippen molar-refractivity contribution in [3.8, 4) is 5.75 Å². The minimum atomic E-state index is -0.658. The van der Waals surface area contributed by atoms with Crippen LogP contribution < -0.4 is 26.0 Å². The van der Waals surface area contributed by atoms with Crippen molar-refractivity contribution in [3.05, 3.63) is 101 Å². The fourth-order valence-electron chi connectivity index (χ4n) is 8.85. The van der Waals surface area contributed by atoms with Crippen molar-refractivity contribution >= 4 is 46.9 Å². The van der Waals surface area contributed by atoms with Gasteiger partial charge in [-0.3, -0.25) is 29.4 Å². The lowest BCUT2D eigenvalue weighted by Gasteiger charge is -2.37. The van der Waals surface area contributed by atoms with Gasteiger partial charge in [0.25, 0.3) is 5.91 Å². The number of hydrogen-bond donors (Lipinski definition) is 3. The summed E-state index contributed by atoms with van der Waals surface area (Å²) in [5.74, 6) is 0.613. The van der Waals surface area contributed by atoms with E-state index in [4.69, 9.17) is 15.2 Å². The smallest absolute Gasteiger partial charge is 0.255 e. The number of carbonyl (C=O) groups excluding carboxylic acids is 4. The van der Waals surface area contributed by atoms with Crippen LogP contribution in [0.4, 0.5) is 11.5 Å². The first kappa shape index (κ1) is 45.2. The highest BCUT2D eigenvalue weighted by Gasteiger charge is 2.40. The molecule has 0 saturated carbocycles. The van der Waals surface area contributed by atoms with E-state index in [0.29, 0.717) is 30.8 Å². The number of nitrogens with one attached hydrogen (secondary N) is 2. The number of benzene rings is 3. The summed E-state index contributed by atoms with van der Waals surface area (Å²) >= 11 is 1.53. The Kier molecular flexibility index (Phi) is 14.9. The summed E-state index contributed by atoms with van der Waals surface area (Å²) in [7, 11) is 0. The molecule has 3 saturated heterocycles. The molecule has 4 aliphatic heterocycles. The van der Waals surface area contributed by atoms with E-state index >= 15 is 0 Å². The molecule has 338 valence electrons. The number of rotatable bonds is 19. The molecule has 0 spiro atoms. The van der Waals surface area contributed by atoms with Crippen LogP contribution in [0.3, 0.4) is 0 Å². The van der Waals surface area contributed by atoms with Gasteiger partial charge in [-0.05, 0) is 86.9 Å². The van der Waals surface area contributed by atoms with Gasteiger partial charge in [-0.15, -0.1) is 0 Å². The first-order valence-electron chi connectivity index (χ1n) is 22.8. The topological polar surface area (TPSA) is 172 Å². The van der Waals surface area contributed by atoms with Crippen molar-refractivity contribution in [1.82, 2.24) is 25.1 Å². The molecule has 0 aliphatic carbocycles. The summed E-state index contributed by atoms with van der Waals surface area (Å²) in [6.45, 7) is 8.07. The van der Waals surface area contributed by atoms with Crippen LogP contribution in [0.1, 0.15) is 105 Å². The Morgan fingerprint density at radius 3 is 2.50 bits per heavy atom. The monoisotopic (exact) mass is 888 g/mol. The summed E-state index contributed by atoms with van der Waals surface area (Å²) < 4.78 is 12.5. The van der Waals surface area contributed by atoms with Crippen LogP contribution in [-0.4, -0.2) is 93.9 Å². The van der Waals surface area contributed by atoms with Crippen LogP contribution >= 0.6 is 11.8 Å². The summed E-state index contributed by atoms with van der Waals surface area (Å²) in [4.78, 5) is 66.5. The zero-order valence-corrected chi connectivity index (χ0v) is 37.6. The molecule has 0 bridgehead atoms. The van der Waals surface area contributed by atoms with E-state index in [1.54, 1.807) is 17.0 Å². The Hall–Kier alpha value is -5.35. The number of amides is 4. The Morgan fingerprint density at radius 2 is 1.70 bits per heavy atom. The highest BCUT2D eigenvalue weighted by molar-refractivity contribution is 7.99. The third-order valence-corrected chi connectivity index (χ3v) is 13.6. The lowest BCUT2D eigenvalue weighted by molar-refractivity contribution is -0.137. The van der Waals surface area contributed by atoms with Gasteiger partial charge in [0.2, 0.25) is 17.7 Å². The zero-order chi connectivity index (χ0) is 44.5. The minimum absolute atomic E-state index is 0.0359. The molecule has 4 N–H and O–H groups in total. The third-order valence-electron chi connectivity index (χ3n) is 12.7. The average Bonchev–Trinajstić information content (AvgIpc) is 3.88. The van der Waals surface area contributed by atoms with Crippen LogP contribution in [0, 0.1) is 0 Å². The van der Waals surface area contributed by atoms with E-state index in [1.165, 1.54) is 17.3 Å².